The molecule has 0 aliphatic carbocycles. The average Bonchev–Trinajstić information content (AvgIpc) is 2.97. The molecule has 5 heteroatoms. The van der Waals surface area contributed by atoms with Crippen molar-refractivity contribution < 1.29 is 9.18 Å². The molecule has 0 saturated carbocycles. The van der Waals surface area contributed by atoms with E-state index < -0.39 is 0 Å². The van der Waals surface area contributed by atoms with Crippen molar-refractivity contribution >= 4 is 11.6 Å². The summed E-state index contributed by atoms with van der Waals surface area (Å²) in [5, 5.41) is 9.07. The van der Waals surface area contributed by atoms with Crippen LogP contribution in [0.15, 0.2) is 54.7 Å². The standard InChI is InChI=1S/C22H16FN3O/c1-14-7-18(23)5-6-19(14)17-9-21-20(25-12-17)10-22(27)26(21)13-16-4-2-3-15(8-16)11-24/h2-9,12H,10,13H2,1H3. The third-order valence-electron chi connectivity index (χ3n) is 4.75. The van der Waals surface area contributed by atoms with Gasteiger partial charge in [0.25, 0.3) is 0 Å². The molecule has 0 saturated heterocycles. The van der Waals surface area contributed by atoms with Gasteiger partial charge in [-0.05, 0) is 53.9 Å². The van der Waals surface area contributed by atoms with Crippen LogP contribution in [-0.2, 0) is 17.8 Å². The van der Waals surface area contributed by atoms with E-state index in [4.69, 9.17) is 5.26 Å². The average molecular weight is 357 g/mol. The van der Waals surface area contributed by atoms with Crippen molar-refractivity contribution in [2.75, 3.05) is 4.90 Å². The smallest absolute Gasteiger partial charge is 0.233 e. The molecule has 0 N–H and O–H groups in total. The van der Waals surface area contributed by atoms with Gasteiger partial charge < -0.3 is 4.90 Å². The number of hydrogen-bond donors (Lipinski definition) is 0. The Bertz CT molecular complexity index is 1100. The first-order valence-corrected chi connectivity index (χ1v) is 8.60. The van der Waals surface area contributed by atoms with Crippen LogP contribution in [-0.4, -0.2) is 10.9 Å². The number of pyridine rings is 1. The fourth-order valence-corrected chi connectivity index (χ4v) is 3.42. The summed E-state index contributed by atoms with van der Waals surface area (Å²) in [4.78, 5) is 18.7. The van der Waals surface area contributed by atoms with Gasteiger partial charge >= 0.3 is 0 Å². The summed E-state index contributed by atoms with van der Waals surface area (Å²) in [5.74, 6) is -0.299. The predicted molar refractivity (Wildman–Crippen MR) is 100 cm³/mol. The van der Waals surface area contributed by atoms with Gasteiger partial charge in [-0.2, -0.15) is 5.26 Å². The zero-order chi connectivity index (χ0) is 19.0. The molecule has 0 fully saturated rings. The van der Waals surface area contributed by atoms with Crippen LogP contribution < -0.4 is 4.90 Å². The second kappa shape index (κ2) is 6.65. The molecule has 1 amide bonds. The van der Waals surface area contributed by atoms with Gasteiger partial charge in [0, 0.05) is 11.8 Å². The van der Waals surface area contributed by atoms with Crippen molar-refractivity contribution in [3.05, 3.63) is 82.9 Å². The lowest BCUT2D eigenvalue weighted by molar-refractivity contribution is -0.117. The lowest BCUT2D eigenvalue weighted by Crippen LogP contribution is -2.26. The Hall–Kier alpha value is -3.52. The van der Waals surface area contributed by atoms with Crippen LogP contribution in [0.2, 0.25) is 0 Å². The molecule has 4 rings (SSSR count). The number of aromatic nitrogens is 1. The van der Waals surface area contributed by atoms with Crippen LogP contribution >= 0.6 is 0 Å². The Balaban J connectivity index is 1.71. The number of carbonyl (C=O) groups is 1. The first-order chi connectivity index (χ1) is 13.0. The maximum absolute atomic E-state index is 13.4. The minimum Gasteiger partial charge on any atom is -0.306 e. The summed E-state index contributed by atoms with van der Waals surface area (Å²) in [6.45, 7) is 2.23. The topological polar surface area (TPSA) is 57.0 Å². The minimum atomic E-state index is -0.278. The fraction of sp³-hybridized carbons (Fsp3) is 0.136. The van der Waals surface area contributed by atoms with Crippen molar-refractivity contribution in [1.82, 2.24) is 4.98 Å². The van der Waals surface area contributed by atoms with Crippen molar-refractivity contribution in [3.8, 4) is 17.2 Å². The summed E-state index contributed by atoms with van der Waals surface area (Å²) >= 11 is 0. The number of nitriles is 1. The van der Waals surface area contributed by atoms with Crippen molar-refractivity contribution in [2.24, 2.45) is 0 Å². The number of amides is 1. The number of fused-ring (bicyclic) bond motifs is 1. The molecular weight excluding hydrogens is 341 g/mol. The van der Waals surface area contributed by atoms with Crippen LogP contribution in [0.25, 0.3) is 11.1 Å². The van der Waals surface area contributed by atoms with E-state index in [1.165, 1.54) is 12.1 Å². The molecule has 27 heavy (non-hydrogen) atoms. The lowest BCUT2D eigenvalue weighted by atomic mass is 10.0. The molecule has 2 aromatic carbocycles. The molecule has 132 valence electrons. The summed E-state index contributed by atoms with van der Waals surface area (Å²) in [7, 11) is 0. The number of hydrogen-bond acceptors (Lipinski definition) is 3. The summed E-state index contributed by atoms with van der Waals surface area (Å²) < 4.78 is 13.4. The highest BCUT2D eigenvalue weighted by Crippen LogP contribution is 2.34. The molecule has 2 heterocycles. The number of nitrogens with zero attached hydrogens (tertiary/aromatic N) is 3. The van der Waals surface area contributed by atoms with E-state index in [-0.39, 0.29) is 18.1 Å². The summed E-state index contributed by atoms with van der Waals surface area (Å²) in [6.07, 6.45) is 1.99. The molecule has 4 nitrogen and oxygen atoms in total. The van der Waals surface area contributed by atoms with E-state index in [1.807, 2.05) is 25.1 Å². The van der Waals surface area contributed by atoms with Gasteiger partial charge in [0.15, 0.2) is 0 Å². The number of anilines is 1. The molecule has 0 atom stereocenters. The Labute approximate surface area is 156 Å². The highest BCUT2D eigenvalue weighted by molar-refractivity contribution is 6.01. The number of aryl methyl sites for hydroxylation is 1. The monoisotopic (exact) mass is 357 g/mol. The third-order valence-corrected chi connectivity index (χ3v) is 4.75. The largest absolute Gasteiger partial charge is 0.306 e. The quantitative estimate of drug-likeness (QED) is 0.707. The number of benzene rings is 2. The van der Waals surface area contributed by atoms with Crippen LogP contribution in [0.1, 0.15) is 22.4 Å². The van der Waals surface area contributed by atoms with E-state index in [2.05, 4.69) is 11.1 Å². The van der Waals surface area contributed by atoms with Gasteiger partial charge in [-0.15, -0.1) is 0 Å². The van der Waals surface area contributed by atoms with E-state index >= 15 is 0 Å². The van der Waals surface area contributed by atoms with E-state index in [0.29, 0.717) is 12.1 Å². The van der Waals surface area contributed by atoms with Crippen LogP contribution in [0.5, 0.6) is 0 Å². The second-order valence-corrected chi connectivity index (χ2v) is 6.62. The molecule has 3 aromatic rings. The Kier molecular flexibility index (Phi) is 4.17. The van der Waals surface area contributed by atoms with E-state index in [0.717, 1.165) is 33.6 Å². The summed E-state index contributed by atoms with van der Waals surface area (Å²) in [6, 6.07) is 15.9. The van der Waals surface area contributed by atoms with E-state index in [9.17, 15) is 9.18 Å². The molecule has 0 spiro atoms. The summed E-state index contributed by atoms with van der Waals surface area (Å²) in [5.41, 5.74) is 5.50. The van der Waals surface area contributed by atoms with Gasteiger partial charge in [-0.3, -0.25) is 9.78 Å². The lowest BCUT2D eigenvalue weighted by Gasteiger charge is -2.18. The second-order valence-electron chi connectivity index (χ2n) is 6.62. The van der Waals surface area contributed by atoms with Gasteiger partial charge in [0.2, 0.25) is 5.91 Å². The maximum Gasteiger partial charge on any atom is 0.233 e. The Morgan fingerprint density at radius 3 is 2.85 bits per heavy atom. The molecule has 0 unspecified atom stereocenters. The fourth-order valence-electron chi connectivity index (χ4n) is 3.42. The molecule has 0 radical (unpaired) electrons. The molecule has 1 aromatic heterocycles. The molecule has 1 aliphatic heterocycles. The highest BCUT2D eigenvalue weighted by Gasteiger charge is 2.29. The van der Waals surface area contributed by atoms with Gasteiger partial charge in [-0.25, -0.2) is 4.39 Å². The van der Waals surface area contributed by atoms with Crippen molar-refractivity contribution in [1.29, 1.82) is 5.26 Å². The maximum atomic E-state index is 13.4. The third kappa shape index (κ3) is 3.18. The Morgan fingerprint density at radius 1 is 1.22 bits per heavy atom. The van der Waals surface area contributed by atoms with Crippen LogP contribution in [0.4, 0.5) is 10.1 Å². The van der Waals surface area contributed by atoms with Crippen molar-refractivity contribution in [3.63, 3.8) is 0 Å². The van der Waals surface area contributed by atoms with E-state index in [1.54, 1.807) is 29.3 Å². The first-order valence-electron chi connectivity index (χ1n) is 8.60. The van der Waals surface area contributed by atoms with Crippen LogP contribution in [0, 0.1) is 24.1 Å². The SMILES string of the molecule is Cc1cc(F)ccc1-c1cnc2c(c1)N(Cc1cccc(C#N)c1)C(=O)C2. The Morgan fingerprint density at radius 2 is 2.07 bits per heavy atom. The predicted octanol–water partition coefficient (Wildman–Crippen LogP) is 4.16. The zero-order valence-corrected chi connectivity index (χ0v) is 14.7. The highest BCUT2D eigenvalue weighted by atomic mass is 19.1. The molecule has 0 bridgehead atoms. The normalized spacial score (nSPS) is 12.8. The minimum absolute atomic E-state index is 0.0205. The van der Waals surface area contributed by atoms with Gasteiger partial charge in [0.1, 0.15) is 5.82 Å². The van der Waals surface area contributed by atoms with Gasteiger partial charge in [-0.1, -0.05) is 18.2 Å². The van der Waals surface area contributed by atoms with Gasteiger partial charge in [0.05, 0.1) is 36.0 Å². The molecular formula is C22H16FN3O. The molecule has 1 aliphatic rings. The van der Waals surface area contributed by atoms with Crippen molar-refractivity contribution in [2.45, 2.75) is 19.9 Å². The van der Waals surface area contributed by atoms with Crippen LogP contribution in [0.3, 0.4) is 0 Å². The number of halogens is 1. The number of carbonyl (C=O) groups excluding carboxylic acids is 1. The number of rotatable bonds is 3. The zero-order valence-electron chi connectivity index (χ0n) is 14.7. The first kappa shape index (κ1) is 16.9.